The van der Waals surface area contributed by atoms with Crippen molar-refractivity contribution in [2.45, 2.75) is 44.6 Å². The number of aliphatic hydroxyl groups is 1. The van der Waals surface area contributed by atoms with Crippen LogP contribution in [-0.2, 0) is 26.9 Å². The SMILES string of the molecule is CCO[C@@H]1OC(C(=O)NCCc2ccccc2)=C[C@H](c2ccc(C(F)(F)F)cc2)[C@H]1CCCO. The Kier molecular flexibility index (Phi) is 9.12. The van der Waals surface area contributed by atoms with E-state index in [9.17, 15) is 23.1 Å². The van der Waals surface area contributed by atoms with Crippen molar-refractivity contribution < 1.29 is 32.5 Å². The van der Waals surface area contributed by atoms with Crippen LogP contribution >= 0.6 is 0 Å². The summed E-state index contributed by atoms with van der Waals surface area (Å²) in [5.74, 6) is -1.01. The average molecular weight is 478 g/mol. The minimum Gasteiger partial charge on any atom is -0.459 e. The van der Waals surface area contributed by atoms with E-state index < -0.39 is 29.9 Å². The topological polar surface area (TPSA) is 67.8 Å². The van der Waals surface area contributed by atoms with Gasteiger partial charge in [0.1, 0.15) is 0 Å². The predicted molar refractivity (Wildman–Crippen MR) is 122 cm³/mol. The minimum absolute atomic E-state index is 0.0361. The molecule has 184 valence electrons. The number of hydrogen-bond donors (Lipinski definition) is 2. The van der Waals surface area contributed by atoms with Crippen molar-refractivity contribution in [3.63, 3.8) is 0 Å². The van der Waals surface area contributed by atoms with Crippen LogP contribution in [0.1, 0.15) is 42.4 Å². The fourth-order valence-corrected chi connectivity index (χ4v) is 4.09. The number of nitrogens with one attached hydrogen (secondary N) is 1. The van der Waals surface area contributed by atoms with Crippen LogP contribution in [0.25, 0.3) is 0 Å². The van der Waals surface area contributed by atoms with Gasteiger partial charge in [0, 0.05) is 31.6 Å². The van der Waals surface area contributed by atoms with Crippen molar-refractivity contribution in [2.75, 3.05) is 19.8 Å². The van der Waals surface area contributed by atoms with Crippen LogP contribution in [0.15, 0.2) is 66.4 Å². The first-order valence-electron chi connectivity index (χ1n) is 11.4. The van der Waals surface area contributed by atoms with Crippen LogP contribution in [0.4, 0.5) is 13.2 Å². The van der Waals surface area contributed by atoms with Gasteiger partial charge >= 0.3 is 6.18 Å². The van der Waals surface area contributed by atoms with Crippen LogP contribution in [-0.4, -0.2) is 37.1 Å². The first kappa shape index (κ1) is 25.8. The number of allylic oxidation sites excluding steroid dienone is 1. The van der Waals surface area contributed by atoms with Gasteiger partial charge in [-0.15, -0.1) is 0 Å². The highest BCUT2D eigenvalue weighted by atomic mass is 19.4. The molecule has 0 saturated heterocycles. The number of ether oxygens (including phenoxy) is 2. The fraction of sp³-hybridized carbons (Fsp3) is 0.423. The van der Waals surface area contributed by atoms with Crippen LogP contribution in [0.2, 0.25) is 0 Å². The summed E-state index contributed by atoms with van der Waals surface area (Å²) in [5.41, 5.74) is 0.971. The van der Waals surface area contributed by atoms with Crippen LogP contribution in [0.5, 0.6) is 0 Å². The Morgan fingerprint density at radius 3 is 2.44 bits per heavy atom. The van der Waals surface area contributed by atoms with Gasteiger partial charge in [-0.2, -0.15) is 13.2 Å². The number of carbonyl (C=O) groups excluding carboxylic acids is 1. The first-order chi connectivity index (χ1) is 16.3. The Hall–Kier alpha value is -2.84. The molecule has 3 rings (SSSR count). The van der Waals surface area contributed by atoms with Gasteiger partial charge in [-0.1, -0.05) is 42.5 Å². The molecular formula is C26H30F3NO4. The van der Waals surface area contributed by atoms with E-state index in [0.29, 0.717) is 38.0 Å². The van der Waals surface area contributed by atoms with E-state index in [1.165, 1.54) is 12.1 Å². The molecule has 1 amide bonds. The maximum Gasteiger partial charge on any atom is 0.416 e. The maximum absolute atomic E-state index is 13.0. The van der Waals surface area contributed by atoms with Gasteiger partial charge in [0.05, 0.1) is 5.56 Å². The number of amides is 1. The highest BCUT2D eigenvalue weighted by Gasteiger charge is 2.38. The van der Waals surface area contributed by atoms with E-state index in [2.05, 4.69) is 5.32 Å². The monoisotopic (exact) mass is 477 g/mol. The minimum atomic E-state index is -4.43. The smallest absolute Gasteiger partial charge is 0.416 e. The van der Waals surface area contributed by atoms with Crippen molar-refractivity contribution in [2.24, 2.45) is 5.92 Å². The summed E-state index contributed by atoms with van der Waals surface area (Å²) in [6.07, 6.45) is -1.90. The normalized spacial score (nSPS) is 20.4. The number of benzene rings is 2. The Balaban J connectivity index is 1.83. The van der Waals surface area contributed by atoms with Gasteiger partial charge in [0.25, 0.3) is 5.91 Å². The van der Waals surface area contributed by atoms with Crippen molar-refractivity contribution in [1.82, 2.24) is 5.32 Å². The molecule has 1 aliphatic heterocycles. The van der Waals surface area contributed by atoms with Crippen LogP contribution < -0.4 is 5.32 Å². The van der Waals surface area contributed by atoms with Crippen LogP contribution in [0.3, 0.4) is 0 Å². The Morgan fingerprint density at radius 2 is 1.82 bits per heavy atom. The molecule has 0 radical (unpaired) electrons. The fourth-order valence-electron chi connectivity index (χ4n) is 4.09. The molecule has 8 heteroatoms. The third-order valence-corrected chi connectivity index (χ3v) is 5.80. The van der Waals surface area contributed by atoms with Crippen LogP contribution in [0, 0.1) is 5.92 Å². The first-order valence-corrected chi connectivity index (χ1v) is 11.4. The molecule has 0 unspecified atom stereocenters. The van der Waals surface area contributed by atoms with E-state index in [4.69, 9.17) is 9.47 Å². The van der Waals surface area contributed by atoms with Crippen molar-refractivity contribution in [3.8, 4) is 0 Å². The number of carbonyl (C=O) groups is 1. The summed E-state index contributed by atoms with van der Waals surface area (Å²) in [5, 5.41) is 12.2. The second kappa shape index (κ2) is 12.0. The lowest BCUT2D eigenvalue weighted by Gasteiger charge is -2.37. The Morgan fingerprint density at radius 1 is 1.12 bits per heavy atom. The molecule has 2 aromatic rings. The molecule has 0 aromatic heterocycles. The van der Waals surface area contributed by atoms with Gasteiger partial charge in [-0.25, -0.2) is 0 Å². The standard InChI is InChI=1S/C26H30F3NO4/c1-2-33-25-21(9-6-16-31)22(19-10-12-20(13-11-19)26(27,28)29)17-23(34-25)24(32)30-15-14-18-7-4-3-5-8-18/h3-5,7-8,10-13,17,21-22,25,31H,2,6,9,14-16H2,1H3,(H,30,32)/t21-,22-,25-/m1/s1. The molecule has 3 atom stereocenters. The molecule has 2 aromatic carbocycles. The number of aliphatic hydroxyl groups excluding tert-OH is 1. The summed E-state index contributed by atoms with van der Waals surface area (Å²) in [6.45, 7) is 2.51. The maximum atomic E-state index is 13.0. The highest BCUT2D eigenvalue weighted by molar-refractivity contribution is 5.91. The number of rotatable bonds is 10. The van der Waals surface area contributed by atoms with E-state index in [-0.39, 0.29) is 18.3 Å². The lowest BCUT2D eigenvalue weighted by atomic mass is 9.80. The molecule has 0 fully saturated rings. The second-order valence-electron chi connectivity index (χ2n) is 8.14. The molecule has 0 aliphatic carbocycles. The molecular weight excluding hydrogens is 447 g/mol. The molecule has 0 saturated carbocycles. The van der Waals surface area contributed by atoms with E-state index in [0.717, 1.165) is 17.7 Å². The Bertz CT molecular complexity index is 945. The number of hydrogen-bond acceptors (Lipinski definition) is 4. The lowest BCUT2D eigenvalue weighted by molar-refractivity contribution is -0.166. The highest BCUT2D eigenvalue weighted by Crippen LogP contribution is 2.40. The summed E-state index contributed by atoms with van der Waals surface area (Å²) in [7, 11) is 0. The lowest BCUT2D eigenvalue weighted by Crippen LogP contribution is -2.39. The molecule has 0 spiro atoms. The molecule has 2 N–H and O–H groups in total. The molecule has 0 bridgehead atoms. The summed E-state index contributed by atoms with van der Waals surface area (Å²) < 4.78 is 50.8. The van der Waals surface area contributed by atoms with Crippen molar-refractivity contribution >= 4 is 5.91 Å². The zero-order valence-electron chi connectivity index (χ0n) is 19.1. The average Bonchev–Trinajstić information content (AvgIpc) is 2.83. The largest absolute Gasteiger partial charge is 0.459 e. The van der Waals surface area contributed by atoms with Gasteiger partial charge < -0.3 is 19.9 Å². The van der Waals surface area contributed by atoms with Gasteiger partial charge in [0.2, 0.25) is 6.29 Å². The second-order valence-corrected chi connectivity index (χ2v) is 8.14. The molecule has 1 heterocycles. The number of alkyl halides is 3. The zero-order valence-corrected chi connectivity index (χ0v) is 19.1. The third-order valence-electron chi connectivity index (χ3n) is 5.80. The van der Waals surface area contributed by atoms with E-state index in [1.807, 2.05) is 30.3 Å². The van der Waals surface area contributed by atoms with E-state index >= 15 is 0 Å². The Labute approximate surface area is 197 Å². The zero-order chi connectivity index (χ0) is 24.6. The predicted octanol–water partition coefficient (Wildman–Crippen LogP) is 4.81. The van der Waals surface area contributed by atoms with Crippen molar-refractivity contribution in [1.29, 1.82) is 0 Å². The quantitative estimate of drug-likeness (QED) is 0.515. The number of halogens is 3. The summed E-state index contributed by atoms with van der Waals surface area (Å²) in [6, 6.07) is 14.7. The van der Waals surface area contributed by atoms with Crippen molar-refractivity contribution in [3.05, 3.63) is 83.1 Å². The van der Waals surface area contributed by atoms with E-state index in [1.54, 1.807) is 13.0 Å². The molecule has 5 nitrogen and oxygen atoms in total. The molecule has 1 aliphatic rings. The van der Waals surface area contributed by atoms with Gasteiger partial charge in [-0.3, -0.25) is 4.79 Å². The summed E-state index contributed by atoms with van der Waals surface area (Å²) in [4.78, 5) is 12.9. The third kappa shape index (κ3) is 6.84. The van der Waals surface area contributed by atoms with Gasteiger partial charge in [-0.05, 0) is 55.5 Å². The molecule has 34 heavy (non-hydrogen) atoms. The van der Waals surface area contributed by atoms with Gasteiger partial charge in [0.15, 0.2) is 5.76 Å². The summed E-state index contributed by atoms with van der Waals surface area (Å²) >= 11 is 0.